The van der Waals surface area contributed by atoms with Gasteiger partial charge in [0.2, 0.25) is 0 Å². The van der Waals surface area contributed by atoms with Gasteiger partial charge in [0, 0.05) is 12.2 Å². The van der Waals surface area contributed by atoms with E-state index in [0.29, 0.717) is 12.2 Å². The largest absolute Gasteiger partial charge is 0.461 e. The Morgan fingerprint density at radius 3 is 1.03 bits per heavy atom. The molecule has 5 unspecified atom stereocenters. The summed E-state index contributed by atoms with van der Waals surface area (Å²) in [6.45, 7) is 2.06. The molecule has 0 bridgehead atoms. The van der Waals surface area contributed by atoms with Gasteiger partial charge >= 0.3 is 103 Å². The first kappa shape index (κ1) is 69.1. The number of carbonyl (C=O) groups is 4. The number of hydrogen-bond donors (Lipinski definition) is 1. The van der Waals surface area contributed by atoms with E-state index in [1.807, 2.05) is 4.74 Å². The van der Waals surface area contributed by atoms with Gasteiger partial charge in [-0.25, -0.2) is 23.6 Å². The molecule has 0 aromatic rings. The summed E-state index contributed by atoms with van der Waals surface area (Å²) >= 11 is 0. The predicted molar refractivity (Wildman–Crippen MR) is 181 cm³/mol. The minimum Gasteiger partial charge on any atom is -0.461 e. The van der Waals surface area contributed by atoms with Crippen molar-refractivity contribution >= 4 is 24.0 Å². The average Bonchev–Trinajstić information content (AvgIpc) is 3.23. The van der Waals surface area contributed by atoms with Gasteiger partial charge in [-0.1, -0.05) is 13.2 Å². The lowest BCUT2D eigenvalue weighted by Gasteiger charge is -2.44. The SMILES string of the molecule is C=CC(=O)OCC(C)(COC(=O)C=C)NC(=O)OCC1CCC(COC(=O)C(F)(OC(F)(F)C(F)(OC(F)(F)C(F)(OC(F)(F)C(F)(OC(F)(F)C(C)(F)C(F)(F)F)C(F)(F)F)C(F)(F)F)C(F)(F)F)C(F)(F)F)CC1. The molecule has 0 heterocycles. The maximum atomic E-state index is 15.2. The van der Waals surface area contributed by atoms with Crippen LogP contribution in [0.5, 0.6) is 0 Å². The number of halogens is 28. The van der Waals surface area contributed by atoms with Gasteiger partial charge in [0.05, 0.1) is 13.2 Å². The summed E-state index contributed by atoms with van der Waals surface area (Å²) in [6.07, 6.45) is -77.6. The Kier molecular flexibility index (Phi) is 20.4. The minimum atomic E-state index is -9.23. The molecule has 0 saturated heterocycles. The van der Waals surface area contributed by atoms with Crippen molar-refractivity contribution in [1.29, 1.82) is 0 Å². The van der Waals surface area contributed by atoms with E-state index >= 15 is 8.78 Å². The van der Waals surface area contributed by atoms with Gasteiger partial charge in [0.1, 0.15) is 18.8 Å². The van der Waals surface area contributed by atoms with Crippen molar-refractivity contribution in [3.63, 3.8) is 0 Å². The van der Waals surface area contributed by atoms with E-state index in [2.05, 4.69) is 23.2 Å². The van der Waals surface area contributed by atoms with Gasteiger partial charge in [0.15, 0.2) is 0 Å². The van der Waals surface area contributed by atoms with Crippen LogP contribution < -0.4 is 5.32 Å². The Morgan fingerprint density at radius 2 is 0.737 bits per heavy atom. The third kappa shape index (κ3) is 14.8. The van der Waals surface area contributed by atoms with Crippen molar-refractivity contribution in [1.82, 2.24) is 5.32 Å². The molecule has 5 atom stereocenters. The summed E-state index contributed by atoms with van der Waals surface area (Å²) in [5, 5.41) is 2.18. The zero-order chi connectivity index (χ0) is 60.4. The number of carbonyl (C=O) groups excluding carboxylic acids is 4. The van der Waals surface area contributed by atoms with E-state index in [9.17, 15) is 133 Å². The van der Waals surface area contributed by atoms with Crippen LogP contribution in [0.15, 0.2) is 25.3 Å². The van der Waals surface area contributed by atoms with Crippen LogP contribution in [0, 0.1) is 11.8 Å². The highest BCUT2D eigenvalue weighted by Gasteiger charge is 2.90. The van der Waals surface area contributed by atoms with Gasteiger partial charge in [-0.15, -0.1) is 0 Å². The monoisotopic (exact) mass is 1190 g/mol. The molecule has 1 aliphatic carbocycles. The molecule has 76 heavy (non-hydrogen) atoms. The van der Waals surface area contributed by atoms with E-state index < -0.39 is 172 Å². The third-order valence-corrected chi connectivity index (χ3v) is 9.67. The summed E-state index contributed by atoms with van der Waals surface area (Å²) in [5.41, 5.74) is -8.67. The summed E-state index contributed by atoms with van der Waals surface area (Å²) in [5.74, 6) is -42.8. The van der Waals surface area contributed by atoms with E-state index in [1.165, 1.54) is 16.4 Å². The maximum absolute atomic E-state index is 15.2. The molecular weight excluding hydrogens is 1160 g/mol. The molecule has 1 N–H and O–H groups in total. The number of hydrogen-bond acceptors (Lipinski definition) is 12. The smallest absolute Gasteiger partial charge is 0.460 e. The van der Waals surface area contributed by atoms with Crippen molar-refractivity contribution in [2.45, 2.75) is 129 Å². The lowest BCUT2D eigenvalue weighted by molar-refractivity contribution is -0.590. The van der Waals surface area contributed by atoms with Crippen LogP contribution in [0.25, 0.3) is 0 Å². The van der Waals surface area contributed by atoms with Crippen LogP contribution in [0.4, 0.5) is 128 Å². The number of nitrogens with one attached hydrogen (secondary N) is 1. The van der Waals surface area contributed by atoms with Crippen molar-refractivity contribution in [3.05, 3.63) is 25.3 Å². The zero-order valence-electron chi connectivity index (χ0n) is 36.9. The number of ether oxygens (including phenoxy) is 8. The standard InChI is InChI=1S/C35H31F28NO12/c1-5-17(65)71-13-21(3,14-72-18(66)6-2)64-20(68)70-12-16-9-7-15(8-10-16)11-69-19(67)23(37,28(44,45)46)73-33(58,59)24(38,29(47,48)49)75-35(62,63)26(40,31(53,54)55)76-34(60,61)25(39,30(50,51)52)74-32(56,57)22(4,36)27(41,42)43/h5-6,15-16H,1-2,7-14H2,3-4H3,(H,64,68). The van der Waals surface area contributed by atoms with Gasteiger partial charge in [-0.05, 0) is 51.4 Å². The molecule has 1 fully saturated rings. The normalized spacial score (nSPS) is 21.0. The maximum Gasteiger partial charge on any atom is 0.460 e. The highest BCUT2D eigenvalue weighted by molar-refractivity contribution is 5.82. The fourth-order valence-corrected chi connectivity index (χ4v) is 5.25. The fraction of sp³-hybridized carbons (Fsp3) is 0.771. The van der Waals surface area contributed by atoms with Crippen molar-refractivity contribution in [2.24, 2.45) is 11.8 Å². The molecule has 41 heteroatoms. The van der Waals surface area contributed by atoms with E-state index in [-0.39, 0.29) is 12.8 Å². The number of alkyl carbamates (subject to hydrolysis) is 1. The second kappa shape index (κ2) is 22.4. The lowest BCUT2D eigenvalue weighted by atomic mass is 9.83. The Labute approximate surface area is 403 Å². The Hall–Kier alpha value is -4.96. The molecule has 0 aromatic carbocycles. The van der Waals surface area contributed by atoms with Gasteiger partial charge in [-0.3, -0.25) is 18.9 Å². The van der Waals surface area contributed by atoms with Crippen LogP contribution in [-0.2, 0) is 52.3 Å². The van der Waals surface area contributed by atoms with Crippen LogP contribution in [-0.4, -0.2) is 140 Å². The first-order valence-electron chi connectivity index (χ1n) is 19.3. The summed E-state index contributed by atoms with van der Waals surface area (Å²) in [6, 6.07) is 0. The number of alkyl halides is 28. The molecule has 0 radical (unpaired) electrons. The first-order chi connectivity index (χ1) is 33.5. The third-order valence-electron chi connectivity index (χ3n) is 9.67. The van der Waals surface area contributed by atoms with Crippen molar-refractivity contribution < 1.29 is 180 Å². The second-order valence-corrected chi connectivity index (χ2v) is 15.7. The number of amides is 1. The van der Waals surface area contributed by atoms with Crippen LogP contribution in [0.3, 0.4) is 0 Å². The highest BCUT2D eigenvalue weighted by atomic mass is 19.4. The summed E-state index contributed by atoms with van der Waals surface area (Å²) in [4.78, 5) is 47.6. The Bertz CT molecular complexity index is 2040. The second-order valence-electron chi connectivity index (χ2n) is 15.7. The van der Waals surface area contributed by atoms with Gasteiger partial charge in [0.25, 0.3) is 5.67 Å². The number of esters is 3. The molecule has 0 spiro atoms. The van der Waals surface area contributed by atoms with E-state index in [4.69, 9.17) is 14.2 Å². The predicted octanol–water partition coefficient (Wildman–Crippen LogP) is 10.9. The lowest BCUT2D eigenvalue weighted by Crippen LogP contribution is -2.72. The molecule has 1 aliphatic rings. The Balaban J connectivity index is 3.52. The van der Waals surface area contributed by atoms with Gasteiger partial charge in [-0.2, -0.15) is 119 Å². The first-order valence-corrected chi connectivity index (χ1v) is 19.3. The molecule has 0 aliphatic heterocycles. The van der Waals surface area contributed by atoms with Crippen LogP contribution >= 0.6 is 0 Å². The number of rotatable bonds is 24. The molecule has 1 amide bonds. The van der Waals surface area contributed by atoms with E-state index in [0.717, 1.165) is 4.74 Å². The van der Waals surface area contributed by atoms with Crippen LogP contribution in [0.2, 0.25) is 0 Å². The zero-order valence-corrected chi connectivity index (χ0v) is 36.9. The summed E-state index contributed by atoms with van der Waals surface area (Å²) in [7, 11) is 0. The van der Waals surface area contributed by atoms with Crippen molar-refractivity contribution in [3.8, 4) is 0 Å². The van der Waals surface area contributed by atoms with E-state index in [1.54, 1.807) is 0 Å². The fourth-order valence-electron chi connectivity index (χ4n) is 5.25. The summed E-state index contributed by atoms with van der Waals surface area (Å²) < 4.78 is 414. The van der Waals surface area contributed by atoms with Gasteiger partial charge < -0.3 is 24.3 Å². The molecule has 0 aromatic heterocycles. The highest BCUT2D eigenvalue weighted by Crippen LogP contribution is 2.61. The topological polar surface area (TPSA) is 154 Å². The molecule has 1 rings (SSSR count). The van der Waals surface area contributed by atoms with Crippen LogP contribution in [0.1, 0.15) is 39.5 Å². The molecule has 1 saturated carbocycles. The molecule has 444 valence electrons. The molecular formula is C35H31F28NO12. The molecule has 13 nitrogen and oxygen atoms in total. The average molecular weight is 1190 g/mol. The van der Waals surface area contributed by atoms with Crippen molar-refractivity contribution in [2.75, 3.05) is 26.4 Å². The quantitative estimate of drug-likeness (QED) is 0.0423. The minimum absolute atomic E-state index is 0.252. The Morgan fingerprint density at radius 1 is 0.434 bits per heavy atom.